The molecular weight excluding hydrogens is 395 g/mol. The molecule has 0 saturated carbocycles. The second-order valence-corrected chi connectivity index (χ2v) is 8.20. The second kappa shape index (κ2) is 6.35. The minimum atomic E-state index is -0.819. The van der Waals surface area contributed by atoms with Gasteiger partial charge >= 0.3 is 0 Å². The summed E-state index contributed by atoms with van der Waals surface area (Å²) >= 11 is 0. The Morgan fingerprint density at radius 2 is 1.13 bits per heavy atom. The molecule has 2 atom stereocenters. The molecule has 2 bridgehead atoms. The molecule has 3 aliphatic carbocycles. The lowest BCUT2D eigenvalue weighted by molar-refractivity contribution is -0.142. The van der Waals surface area contributed by atoms with E-state index in [1.54, 1.807) is 0 Å². The third kappa shape index (κ3) is 2.33. The molecule has 2 unspecified atom stereocenters. The zero-order chi connectivity index (χ0) is 21.3. The number of hydrogen-bond donors (Lipinski definition) is 1. The van der Waals surface area contributed by atoms with Crippen molar-refractivity contribution in [3.05, 3.63) is 106 Å². The monoisotopic (exact) mass is 412 g/mol. The van der Waals surface area contributed by atoms with Crippen molar-refractivity contribution in [2.45, 2.75) is 11.8 Å². The molecule has 1 fully saturated rings. The van der Waals surface area contributed by atoms with Crippen LogP contribution < -0.4 is 5.43 Å². The van der Waals surface area contributed by atoms with Crippen LogP contribution in [0.25, 0.3) is 0 Å². The summed E-state index contributed by atoms with van der Waals surface area (Å²) in [6, 6.07) is 21.3. The van der Waals surface area contributed by atoms with Gasteiger partial charge in [-0.15, -0.1) is 0 Å². The minimum Gasteiger partial charge on any atom is -0.272 e. The fourth-order valence-corrected chi connectivity index (χ4v) is 5.59. The molecule has 4 aliphatic rings. The van der Waals surface area contributed by atoms with Crippen molar-refractivity contribution in [1.82, 2.24) is 10.4 Å². The number of imide groups is 1. The van der Waals surface area contributed by atoms with Crippen LogP contribution >= 0.6 is 0 Å². The predicted octanol–water partition coefficient (Wildman–Crippen LogP) is 3.36. The topological polar surface area (TPSA) is 66.5 Å². The second-order valence-electron chi connectivity index (χ2n) is 8.20. The highest BCUT2D eigenvalue weighted by Crippen LogP contribution is 2.60. The van der Waals surface area contributed by atoms with E-state index >= 15 is 0 Å². The zero-order valence-corrected chi connectivity index (χ0v) is 16.3. The number of hydrazine groups is 1. The van der Waals surface area contributed by atoms with Crippen molar-refractivity contribution in [2.75, 3.05) is 0 Å². The molecule has 0 aromatic heterocycles. The summed E-state index contributed by atoms with van der Waals surface area (Å²) < 4.78 is 14.0. The molecule has 3 aromatic rings. The van der Waals surface area contributed by atoms with Gasteiger partial charge < -0.3 is 0 Å². The normalized spacial score (nSPS) is 25.1. The Labute approximate surface area is 177 Å². The van der Waals surface area contributed by atoms with Crippen LogP contribution in [0.1, 0.15) is 44.4 Å². The Morgan fingerprint density at radius 1 is 0.710 bits per heavy atom. The van der Waals surface area contributed by atoms with Crippen LogP contribution in [0.2, 0.25) is 0 Å². The van der Waals surface area contributed by atoms with Gasteiger partial charge in [0.05, 0.1) is 17.4 Å². The Balaban J connectivity index is 1.43. The van der Waals surface area contributed by atoms with Crippen LogP contribution in [0.5, 0.6) is 0 Å². The van der Waals surface area contributed by atoms with Gasteiger partial charge in [0.25, 0.3) is 17.7 Å². The minimum absolute atomic E-state index is 0.215. The highest BCUT2D eigenvalue weighted by molar-refractivity contribution is 6.09. The van der Waals surface area contributed by atoms with Gasteiger partial charge in [0, 0.05) is 11.8 Å². The van der Waals surface area contributed by atoms with Crippen LogP contribution in [-0.2, 0) is 9.59 Å². The van der Waals surface area contributed by atoms with Crippen LogP contribution in [-0.4, -0.2) is 22.7 Å². The fraction of sp³-hybridized carbons (Fsp3) is 0.160. The van der Waals surface area contributed by atoms with Gasteiger partial charge in [0.2, 0.25) is 0 Å². The smallest absolute Gasteiger partial charge is 0.272 e. The van der Waals surface area contributed by atoms with E-state index in [4.69, 9.17) is 0 Å². The molecule has 1 aliphatic heterocycles. The average molecular weight is 412 g/mol. The van der Waals surface area contributed by atoms with E-state index in [0.29, 0.717) is 0 Å². The molecule has 0 spiro atoms. The average Bonchev–Trinajstić information content (AvgIpc) is 3.05. The molecule has 7 rings (SSSR count). The standard InChI is InChI=1S/C25H17FN2O3/c26-18-12-6-5-11-17(18)23(29)27-28-24(30)21-19-13-7-1-2-8-14(13)20(22(21)25(28)31)16-10-4-3-9-15(16)19/h1-12,19-22H,(H,27,29). The molecule has 6 heteroatoms. The van der Waals surface area contributed by atoms with Gasteiger partial charge in [0.1, 0.15) is 5.82 Å². The van der Waals surface area contributed by atoms with E-state index in [1.807, 2.05) is 48.5 Å². The summed E-state index contributed by atoms with van der Waals surface area (Å²) in [5, 5.41) is 0.807. The molecule has 5 nitrogen and oxygen atoms in total. The van der Waals surface area contributed by atoms with E-state index in [1.165, 1.54) is 18.2 Å². The van der Waals surface area contributed by atoms with Crippen molar-refractivity contribution in [3.8, 4) is 0 Å². The van der Waals surface area contributed by atoms with Gasteiger partial charge in [0.15, 0.2) is 0 Å². The number of amides is 3. The quantitative estimate of drug-likeness (QED) is 0.657. The number of nitrogens with one attached hydrogen (secondary N) is 1. The van der Waals surface area contributed by atoms with Crippen LogP contribution in [0.4, 0.5) is 4.39 Å². The van der Waals surface area contributed by atoms with E-state index in [-0.39, 0.29) is 17.4 Å². The Morgan fingerprint density at radius 3 is 1.58 bits per heavy atom. The van der Waals surface area contributed by atoms with Gasteiger partial charge in [-0.25, -0.2) is 4.39 Å². The van der Waals surface area contributed by atoms with Crippen molar-refractivity contribution < 1.29 is 18.8 Å². The van der Waals surface area contributed by atoms with E-state index in [9.17, 15) is 18.8 Å². The van der Waals surface area contributed by atoms with E-state index in [0.717, 1.165) is 33.3 Å². The molecule has 3 amide bonds. The number of nitrogens with zero attached hydrogens (tertiary/aromatic N) is 1. The molecule has 152 valence electrons. The molecular formula is C25H17FN2O3. The summed E-state index contributed by atoms with van der Waals surface area (Å²) in [6.45, 7) is 0. The molecule has 3 aromatic carbocycles. The first-order valence-electron chi connectivity index (χ1n) is 10.2. The lowest BCUT2D eigenvalue weighted by atomic mass is 9.55. The van der Waals surface area contributed by atoms with Crippen LogP contribution in [0.3, 0.4) is 0 Å². The van der Waals surface area contributed by atoms with Gasteiger partial charge in [-0.2, -0.15) is 5.01 Å². The van der Waals surface area contributed by atoms with Gasteiger partial charge in [-0.3, -0.25) is 19.8 Å². The molecule has 1 heterocycles. The third-order valence-electron chi connectivity index (χ3n) is 6.78. The first-order valence-corrected chi connectivity index (χ1v) is 10.2. The summed E-state index contributed by atoms with van der Waals surface area (Å²) in [4.78, 5) is 39.5. The Kier molecular flexibility index (Phi) is 3.69. The number of hydrogen-bond acceptors (Lipinski definition) is 3. The van der Waals surface area contributed by atoms with Crippen molar-refractivity contribution in [2.24, 2.45) is 11.8 Å². The predicted molar refractivity (Wildman–Crippen MR) is 109 cm³/mol. The first kappa shape index (κ1) is 18.0. The number of benzene rings is 3. The summed E-state index contributed by atoms with van der Waals surface area (Å²) in [7, 11) is 0. The van der Waals surface area contributed by atoms with Crippen molar-refractivity contribution >= 4 is 17.7 Å². The molecule has 1 saturated heterocycles. The number of halogens is 1. The van der Waals surface area contributed by atoms with Gasteiger partial charge in [-0.05, 0) is 34.4 Å². The maximum absolute atomic E-state index is 14.0. The summed E-state index contributed by atoms with van der Waals surface area (Å²) in [5.41, 5.74) is 6.36. The highest BCUT2D eigenvalue weighted by atomic mass is 19.1. The third-order valence-corrected chi connectivity index (χ3v) is 6.78. The lowest BCUT2D eigenvalue weighted by Gasteiger charge is -2.45. The fourth-order valence-electron chi connectivity index (χ4n) is 5.59. The van der Waals surface area contributed by atoms with Crippen LogP contribution in [0.15, 0.2) is 72.8 Å². The first-order chi connectivity index (χ1) is 15.1. The van der Waals surface area contributed by atoms with Crippen molar-refractivity contribution in [1.29, 1.82) is 0 Å². The van der Waals surface area contributed by atoms with Gasteiger partial charge in [-0.1, -0.05) is 60.7 Å². The number of carbonyl (C=O) groups is 3. The molecule has 0 radical (unpaired) electrons. The Bertz CT molecular complexity index is 1170. The molecule has 1 N–H and O–H groups in total. The zero-order valence-electron chi connectivity index (χ0n) is 16.3. The highest BCUT2D eigenvalue weighted by Gasteiger charge is 2.62. The Hall–Kier alpha value is -3.80. The number of rotatable bonds is 2. The largest absolute Gasteiger partial charge is 0.273 e. The number of carbonyl (C=O) groups excluding carboxylic acids is 3. The van der Waals surface area contributed by atoms with E-state index in [2.05, 4.69) is 5.43 Å². The van der Waals surface area contributed by atoms with Crippen molar-refractivity contribution in [3.63, 3.8) is 0 Å². The maximum Gasteiger partial charge on any atom is 0.273 e. The lowest BCUT2D eigenvalue weighted by Crippen LogP contribution is -2.47. The SMILES string of the molecule is O=C(NN1C(=O)C2C3c4ccccc4C(c4ccccc43)C2C1=O)c1ccccc1F. The summed E-state index contributed by atoms with van der Waals surface area (Å²) in [5.74, 6) is -4.12. The van der Waals surface area contributed by atoms with E-state index < -0.39 is 35.4 Å². The molecule has 31 heavy (non-hydrogen) atoms. The summed E-state index contributed by atoms with van der Waals surface area (Å²) in [6.07, 6.45) is 0. The van der Waals surface area contributed by atoms with Crippen LogP contribution in [0, 0.1) is 17.7 Å². The maximum atomic E-state index is 14.0.